The molecule has 1 rings (SSSR count). The molecular weight excluding hydrogens is 188 g/mol. The molecule has 1 heterocycles. The molecule has 0 bridgehead atoms. The van der Waals surface area contributed by atoms with Crippen molar-refractivity contribution in [3.05, 3.63) is 28.6 Å². The lowest BCUT2D eigenvalue weighted by Gasteiger charge is -2.05. The summed E-state index contributed by atoms with van der Waals surface area (Å²) in [5.74, 6) is -0.337. The zero-order valence-corrected chi connectivity index (χ0v) is 7.35. The molecule has 0 spiro atoms. The van der Waals surface area contributed by atoms with Crippen LogP contribution in [0.3, 0.4) is 0 Å². The minimum atomic E-state index is -0.586. The Morgan fingerprint density at radius 1 is 1.64 bits per heavy atom. The fourth-order valence-corrected chi connectivity index (χ4v) is 0.793. The maximum absolute atomic E-state index is 10.5. The number of nitrogens with zero attached hydrogens (tertiary/aromatic N) is 2. The number of hydrogen-bond donors (Lipinski definition) is 2. The Labute approximate surface area is 79.3 Å². The number of anilines is 1. The maximum atomic E-state index is 10.5. The Kier molecular flexibility index (Phi) is 2.95. The summed E-state index contributed by atoms with van der Waals surface area (Å²) in [6.45, 7) is 1.29. The van der Waals surface area contributed by atoms with E-state index in [0.29, 0.717) is 0 Å². The van der Waals surface area contributed by atoms with Gasteiger partial charge in [-0.05, 0) is 6.07 Å². The predicted molar refractivity (Wildman–Crippen MR) is 48.3 cm³/mol. The molecular formula is C7H8N4O3. The summed E-state index contributed by atoms with van der Waals surface area (Å²) >= 11 is 0. The highest BCUT2D eigenvalue weighted by molar-refractivity contribution is 5.75. The maximum Gasteiger partial charge on any atom is 0.312 e. The minimum absolute atomic E-state index is 0.193. The van der Waals surface area contributed by atoms with Crippen LogP contribution in [0.5, 0.6) is 0 Å². The molecule has 0 fully saturated rings. The van der Waals surface area contributed by atoms with E-state index < -0.39 is 4.92 Å². The molecule has 0 radical (unpaired) electrons. The molecule has 0 aliphatic rings. The molecule has 14 heavy (non-hydrogen) atoms. The number of hydrazine groups is 1. The lowest BCUT2D eigenvalue weighted by atomic mass is 10.3. The van der Waals surface area contributed by atoms with Crippen molar-refractivity contribution in [3.63, 3.8) is 0 Å². The highest BCUT2D eigenvalue weighted by Crippen LogP contribution is 2.20. The van der Waals surface area contributed by atoms with E-state index in [-0.39, 0.29) is 17.3 Å². The summed E-state index contributed by atoms with van der Waals surface area (Å²) in [5.41, 5.74) is 4.65. The molecule has 7 heteroatoms. The second-order valence-corrected chi connectivity index (χ2v) is 2.46. The van der Waals surface area contributed by atoms with Crippen LogP contribution in [0.4, 0.5) is 11.4 Å². The Morgan fingerprint density at radius 2 is 2.36 bits per heavy atom. The van der Waals surface area contributed by atoms with Gasteiger partial charge in [0.25, 0.3) is 0 Å². The van der Waals surface area contributed by atoms with Crippen LogP contribution in [0.1, 0.15) is 6.92 Å². The molecule has 0 aliphatic heterocycles. The molecule has 0 unspecified atom stereocenters. The fraction of sp³-hybridized carbons (Fsp3) is 0.143. The molecule has 0 aliphatic carbocycles. The van der Waals surface area contributed by atoms with Crippen molar-refractivity contribution >= 4 is 17.3 Å². The van der Waals surface area contributed by atoms with Crippen molar-refractivity contribution in [2.75, 3.05) is 5.43 Å². The van der Waals surface area contributed by atoms with Gasteiger partial charge in [-0.3, -0.25) is 30.7 Å². The van der Waals surface area contributed by atoms with E-state index in [1.165, 1.54) is 19.2 Å². The van der Waals surface area contributed by atoms with Crippen LogP contribution in [-0.2, 0) is 4.79 Å². The third kappa shape index (κ3) is 2.41. The highest BCUT2D eigenvalue weighted by atomic mass is 16.6. The first-order valence-electron chi connectivity index (χ1n) is 3.72. The van der Waals surface area contributed by atoms with Gasteiger partial charge in [0.05, 0.1) is 4.92 Å². The van der Waals surface area contributed by atoms with Crippen LogP contribution in [0.25, 0.3) is 0 Å². The average Bonchev–Trinajstić information content (AvgIpc) is 2.15. The van der Waals surface area contributed by atoms with Gasteiger partial charge in [-0.25, -0.2) is 0 Å². The smallest absolute Gasteiger partial charge is 0.292 e. The Morgan fingerprint density at radius 3 is 2.93 bits per heavy atom. The normalized spacial score (nSPS) is 9.21. The molecule has 1 amide bonds. The molecule has 2 N–H and O–H groups in total. The Bertz CT molecular complexity index is 366. The average molecular weight is 196 g/mol. The number of nitro groups is 1. The summed E-state index contributed by atoms with van der Waals surface area (Å²) in [7, 11) is 0. The van der Waals surface area contributed by atoms with Crippen LogP contribution < -0.4 is 10.9 Å². The number of rotatable bonds is 3. The first-order chi connectivity index (χ1) is 6.61. The van der Waals surface area contributed by atoms with Crippen molar-refractivity contribution in [1.29, 1.82) is 0 Å². The lowest BCUT2D eigenvalue weighted by molar-refractivity contribution is -0.384. The van der Waals surface area contributed by atoms with Gasteiger partial charge in [0.2, 0.25) is 5.91 Å². The van der Waals surface area contributed by atoms with Gasteiger partial charge in [0.1, 0.15) is 11.9 Å². The molecule has 1 aromatic rings. The summed E-state index contributed by atoms with van der Waals surface area (Å²) in [4.78, 5) is 24.0. The van der Waals surface area contributed by atoms with Crippen LogP contribution >= 0.6 is 0 Å². The van der Waals surface area contributed by atoms with Gasteiger partial charge < -0.3 is 0 Å². The standard InChI is InChI=1S/C7H8N4O3/c1-5(12)9-10-6-2-3-8-4-7(6)11(13)14/h2-4H,1H3,(H,8,10)(H,9,12). The van der Waals surface area contributed by atoms with Gasteiger partial charge in [-0.15, -0.1) is 0 Å². The van der Waals surface area contributed by atoms with Gasteiger partial charge in [-0.2, -0.15) is 0 Å². The molecule has 0 saturated heterocycles. The largest absolute Gasteiger partial charge is 0.312 e. The number of carbonyl (C=O) groups is 1. The van der Waals surface area contributed by atoms with Crippen LogP contribution in [-0.4, -0.2) is 15.8 Å². The number of pyridine rings is 1. The number of aromatic nitrogens is 1. The summed E-state index contributed by atoms with van der Waals surface area (Å²) in [6.07, 6.45) is 2.49. The first kappa shape index (κ1) is 9.90. The summed E-state index contributed by atoms with van der Waals surface area (Å²) < 4.78 is 0. The summed E-state index contributed by atoms with van der Waals surface area (Å²) in [5, 5.41) is 10.5. The first-order valence-corrected chi connectivity index (χ1v) is 3.72. The number of carbonyl (C=O) groups excluding carboxylic acids is 1. The van der Waals surface area contributed by atoms with E-state index in [4.69, 9.17) is 0 Å². The Hall–Kier alpha value is -2.18. The molecule has 1 aromatic heterocycles. The van der Waals surface area contributed by atoms with Crippen LogP contribution in [0.2, 0.25) is 0 Å². The van der Waals surface area contributed by atoms with Gasteiger partial charge in [-0.1, -0.05) is 0 Å². The fourth-order valence-electron chi connectivity index (χ4n) is 0.793. The van der Waals surface area contributed by atoms with Crippen LogP contribution in [0.15, 0.2) is 18.5 Å². The van der Waals surface area contributed by atoms with E-state index in [1.807, 2.05) is 0 Å². The quantitative estimate of drug-likeness (QED) is 0.540. The third-order valence-corrected chi connectivity index (χ3v) is 1.37. The number of amides is 1. The van der Waals surface area contributed by atoms with Crippen molar-refractivity contribution in [1.82, 2.24) is 10.4 Å². The van der Waals surface area contributed by atoms with Crippen molar-refractivity contribution in [3.8, 4) is 0 Å². The van der Waals surface area contributed by atoms with E-state index in [9.17, 15) is 14.9 Å². The Balaban J connectivity index is 2.84. The van der Waals surface area contributed by atoms with E-state index in [1.54, 1.807) is 0 Å². The van der Waals surface area contributed by atoms with Crippen LogP contribution in [0, 0.1) is 10.1 Å². The monoisotopic (exact) mass is 196 g/mol. The van der Waals surface area contributed by atoms with Crippen molar-refractivity contribution in [2.45, 2.75) is 6.92 Å². The molecule has 7 nitrogen and oxygen atoms in total. The second-order valence-electron chi connectivity index (χ2n) is 2.46. The number of nitrogens with one attached hydrogen (secondary N) is 2. The lowest BCUT2D eigenvalue weighted by Crippen LogP contribution is -2.26. The zero-order valence-electron chi connectivity index (χ0n) is 7.35. The van der Waals surface area contributed by atoms with Gasteiger partial charge in [0, 0.05) is 13.1 Å². The third-order valence-electron chi connectivity index (χ3n) is 1.37. The van der Waals surface area contributed by atoms with E-state index in [0.717, 1.165) is 6.20 Å². The molecule has 74 valence electrons. The molecule has 0 aromatic carbocycles. The second kappa shape index (κ2) is 4.17. The predicted octanol–water partition coefficient (Wildman–Crippen LogP) is 0.453. The molecule has 0 saturated carbocycles. The summed E-state index contributed by atoms with van der Waals surface area (Å²) in [6, 6.07) is 1.40. The van der Waals surface area contributed by atoms with Crippen molar-refractivity contribution < 1.29 is 9.72 Å². The highest BCUT2D eigenvalue weighted by Gasteiger charge is 2.12. The van der Waals surface area contributed by atoms with Crippen molar-refractivity contribution in [2.24, 2.45) is 0 Å². The molecule has 0 atom stereocenters. The zero-order chi connectivity index (χ0) is 10.6. The van der Waals surface area contributed by atoms with E-state index >= 15 is 0 Å². The van der Waals surface area contributed by atoms with Gasteiger partial charge >= 0.3 is 5.69 Å². The SMILES string of the molecule is CC(=O)NNc1ccncc1[N+](=O)[O-]. The number of hydrogen-bond acceptors (Lipinski definition) is 5. The van der Waals surface area contributed by atoms with Gasteiger partial charge in [0.15, 0.2) is 0 Å². The minimum Gasteiger partial charge on any atom is -0.292 e. The topological polar surface area (TPSA) is 97.2 Å². The van der Waals surface area contributed by atoms with E-state index in [2.05, 4.69) is 15.8 Å².